The van der Waals surface area contributed by atoms with Crippen molar-refractivity contribution in [1.29, 1.82) is 0 Å². The number of nitrogens with one attached hydrogen (secondary N) is 1. The largest absolute Gasteiger partial charge is 0.492 e. The lowest BCUT2D eigenvalue weighted by molar-refractivity contribution is 0.102. The van der Waals surface area contributed by atoms with Crippen LogP contribution in [0.15, 0.2) is 54.6 Å². The molecule has 0 radical (unpaired) electrons. The maximum Gasteiger partial charge on any atom is 0.255 e. The van der Waals surface area contributed by atoms with Gasteiger partial charge in [0, 0.05) is 30.0 Å². The molecule has 0 saturated heterocycles. The summed E-state index contributed by atoms with van der Waals surface area (Å²) in [5.74, 6) is 2.30. The number of aliphatic hydroxyl groups is 1. The van der Waals surface area contributed by atoms with E-state index in [1.54, 1.807) is 23.9 Å². The molecule has 0 bridgehead atoms. The molecule has 2 aliphatic rings. The van der Waals surface area contributed by atoms with Crippen LogP contribution in [-0.4, -0.2) is 70.2 Å². The van der Waals surface area contributed by atoms with Crippen molar-refractivity contribution in [2.75, 3.05) is 39.4 Å². The van der Waals surface area contributed by atoms with Gasteiger partial charge in [-0.15, -0.1) is 5.10 Å². The number of aromatic nitrogens is 4. The number of nitrogens with zero attached hydrogens (tertiary/aromatic N) is 5. The number of carbonyl (C=O) groups excluding carboxylic acids is 1. The molecule has 0 saturated carbocycles. The molecule has 39 heavy (non-hydrogen) atoms. The van der Waals surface area contributed by atoms with Gasteiger partial charge in [0.1, 0.15) is 6.04 Å². The Balaban J connectivity index is 1.28. The van der Waals surface area contributed by atoms with Crippen molar-refractivity contribution in [3.8, 4) is 22.9 Å². The van der Waals surface area contributed by atoms with Gasteiger partial charge in [-0.1, -0.05) is 12.1 Å². The van der Waals surface area contributed by atoms with Crippen molar-refractivity contribution < 1.29 is 24.1 Å². The highest BCUT2D eigenvalue weighted by atomic mass is 16.7. The van der Waals surface area contributed by atoms with Crippen LogP contribution >= 0.6 is 0 Å². The molecule has 0 spiro atoms. The van der Waals surface area contributed by atoms with Gasteiger partial charge in [-0.3, -0.25) is 9.69 Å². The van der Waals surface area contributed by atoms with E-state index < -0.39 is 0 Å². The summed E-state index contributed by atoms with van der Waals surface area (Å²) in [6.07, 6.45) is 1.40. The fourth-order valence-corrected chi connectivity index (χ4v) is 5.15. The van der Waals surface area contributed by atoms with Gasteiger partial charge in [-0.2, -0.15) is 4.68 Å². The third-order valence-electron chi connectivity index (χ3n) is 7.12. The molecule has 6 rings (SSSR count). The van der Waals surface area contributed by atoms with Crippen LogP contribution in [0.5, 0.6) is 17.2 Å². The van der Waals surface area contributed by atoms with E-state index in [-0.39, 0.29) is 25.3 Å². The Morgan fingerprint density at radius 2 is 1.95 bits per heavy atom. The molecule has 1 amide bonds. The maximum absolute atomic E-state index is 12.8. The predicted octanol–water partition coefficient (Wildman–Crippen LogP) is 2.76. The smallest absolute Gasteiger partial charge is 0.255 e. The van der Waals surface area contributed by atoms with Crippen LogP contribution in [0, 0.1) is 0 Å². The molecule has 2 aliphatic heterocycles. The van der Waals surface area contributed by atoms with Crippen molar-refractivity contribution in [2.45, 2.75) is 18.9 Å². The molecule has 200 valence electrons. The molecular formula is C28H28N6O5. The summed E-state index contributed by atoms with van der Waals surface area (Å²) >= 11 is 0. The molecule has 0 aliphatic carbocycles. The van der Waals surface area contributed by atoms with E-state index >= 15 is 0 Å². The highest BCUT2D eigenvalue weighted by Gasteiger charge is 2.37. The summed E-state index contributed by atoms with van der Waals surface area (Å²) in [4.78, 5) is 15.0. The number of aliphatic hydroxyl groups excluding tert-OH is 1. The number of hydrogen-bond donors (Lipinski definition) is 2. The zero-order valence-electron chi connectivity index (χ0n) is 21.6. The van der Waals surface area contributed by atoms with Gasteiger partial charge in [0.05, 0.1) is 12.8 Å². The van der Waals surface area contributed by atoms with Gasteiger partial charge >= 0.3 is 0 Å². The lowest BCUT2D eigenvalue weighted by Gasteiger charge is -2.34. The van der Waals surface area contributed by atoms with Gasteiger partial charge in [0.2, 0.25) is 12.5 Å². The van der Waals surface area contributed by atoms with Crippen molar-refractivity contribution in [2.24, 2.45) is 0 Å². The minimum Gasteiger partial charge on any atom is -0.492 e. The van der Waals surface area contributed by atoms with E-state index in [2.05, 4.69) is 25.7 Å². The first kappa shape index (κ1) is 24.8. The van der Waals surface area contributed by atoms with Crippen LogP contribution < -0.4 is 19.5 Å². The van der Waals surface area contributed by atoms with E-state index in [4.69, 9.17) is 19.3 Å². The third kappa shape index (κ3) is 4.55. The summed E-state index contributed by atoms with van der Waals surface area (Å²) in [7, 11) is 3.65. The zero-order chi connectivity index (χ0) is 26.9. The molecule has 1 aromatic heterocycles. The Morgan fingerprint density at radius 1 is 1.15 bits per heavy atom. The van der Waals surface area contributed by atoms with Gasteiger partial charge < -0.3 is 24.6 Å². The van der Waals surface area contributed by atoms with Gasteiger partial charge in [0.25, 0.3) is 5.91 Å². The van der Waals surface area contributed by atoms with Crippen LogP contribution in [0.3, 0.4) is 0 Å². The first-order valence-corrected chi connectivity index (χ1v) is 12.7. The van der Waals surface area contributed by atoms with Crippen molar-refractivity contribution in [3.63, 3.8) is 0 Å². The molecule has 1 unspecified atom stereocenters. The third-order valence-corrected chi connectivity index (χ3v) is 7.12. The molecule has 0 fully saturated rings. The number of benzene rings is 3. The number of fused-ring (bicyclic) bond motifs is 2. The minimum absolute atomic E-state index is 0.0868. The van der Waals surface area contributed by atoms with Crippen molar-refractivity contribution >= 4 is 11.6 Å². The normalized spacial score (nSPS) is 16.1. The molecular weight excluding hydrogens is 500 g/mol. The topological polar surface area (TPSA) is 124 Å². The van der Waals surface area contributed by atoms with Crippen LogP contribution in [-0.2, 0) is 12.8 Å². The average Bonchev–Trinajstić information content (AvgIpc) is 3.63. The Morgan fingerprint density at radius 3 is 2.69 bits per heavy atom. The Labute approximate surface area is 224 Å². The van der Waals surface area contributed by atoms with Gasteiger partial charge in [-0.05, 0) is 83.9 Å². The monoisotopic (exact) mass is 528 g/mol. The van der Waals surface area contributed by atoms with Gasteiger partial charge in [0.15, 0.2) is 17.3 Å². The van der Waals surface area contributed by atoms with Crippen LogP contribution in [0.2, 0.25) is 0 Å². The highest BCUT2D eigenvalue weighted by Crippen LogP contribution is 2.50. The van der Waals surface area contributed by atoms with Crippen molar-refractivity contribution in [1.82, 2.24) is 25.1 Å². The molecule has 11 heteroatoms. The zero-order valence-corrected chi connectivity index (χ0v) is 21.6. The number of hydrogen-bond acceptors (Lipinski definition) is 9. The summed E-state index contributed by atoms with van der Waals surface area (Å²) in [5.41, 5.74) is 4.97. The molecule has 3 heterocycles. The number of tetrazole rings is 1. The minimum atomic E-state index is -0.287. The number of anilines is 1. The van der Waals surface area contributed by atoms with Gasteiger partial charge in [-0.25, -0.2) is 0 Å². The van der Waals surface area contributed by atoms with E-state index in [1.165, 1.54) is 0 Å². The lowest BCUT2D eigenvalue weighted by atomic mass is 9.90. The average molecular weight is 529 g/mol. The summed E-state index contributed by atoms with van der Waals surface area (Å²) in [6, 6.07) is 16.3. The molecule has 4 aromatic rings. The molecule has 2 N–H and O–H groups in total. The standard InChI is InChI=1S/C28H28N6O5/c1-33-13-11-19-15-22-25(39-16-38-22)26(37-2)23(19)24(33)27-30-31-32-34(27)21-9-5-18(6-10-21)28(36)29-20-7-3-17(4-8-20)12-14-35/h3-10,15,24,35H,11-14,16H2,1-2H3,(H,29,36). The number of ether oxygens (including phenoxy) is 3. The van der Waals surface area contributed by atoms with E-state index in [0.29, 0.717) is 40.7 Å². The first-order valence-electron chi connectivity index (χ1n) is 12.7. The Hall–Kier alpha value is -4.48. The molecule has 3 aromatic carbocycles. The quantitative estimate of drug-likeness (QED) is 0.373. The molecule has 11 nitrogen and oxygen atoms in total. The SMILES string of the molecule is COc1c2c(cc3c1C(c1nnnn1-c1ccc(C(=O)Nc4ccc(CCO)cc4)cc1)N(C)CC3)OCO2. The first-order chi connectivity index (χ1) is 19.1. The lowest BCUT2D eigenvalue weighted by Crippen LogP contribution is -2.35. The fraction of sp³-hybridized carbons (Fsp3) is 0.286. The summed E-state index contributed by atoms with van der Waals surface area (Å²) in [6.45, 7) is 1.04. The number of amides is 1. The predicted molar refractivity (Wildman–Crippen MR) is 142 cm³/mol. The van der Waals surface area contributed by atoms with Crippen LogP contribution in [0.4, 0.5) is 5.69 Å². The van der Waals surface area contributed by atoms with Crippen molar-refractivity contribution in [3.05, 3.63) is 82.7 Å². The Kier molecular flexibility index (Phi) is 6.59. The summed E-state index contributed by atoms with van der Waals surface area (Å²) < 4.78 is 18.9. The van der Waals surface area contributed by atoms with E-state index in [1.807, 2.05) is 49.5 Å². The number of rotatable bonds is 7. The highest BCUT2D eigenvalue weighted by molar-refractivity contribution is 6.04. The Bertz CT molecular complexity index is 1500. The number of methoxy groups -OCH3 is 1. The second kappa shape index (κ2) is 10.4. The fourth-order valence-electron chi connectivity index (χ4n) is 5.15. The van der Waals surface area contributed by atoms with Crippen LogP contribution in [0.1, 0.15) is 38.9 Å². The second-order valence-corrected chi connectivity index (χ2v) is 9.47. The van der Waals surface area contributed by atoms with E-state index in [0.717, 1.165) is 35.3 Å². The summed E-state index contributed by atoms with van der Waals surface area (Å²) in [5, 5.41) is 24.7. The van der Waals surface area contributed by atoms with E-state index in [9.17, 15) is 4.79 Å². The van der Waals surface area contributed by atoms with Crippen LogP contribution in [0.25, 0.3) is 5.69 Å². The maximum atomic E-state index is 12.8. The molecule has 1 atom stereocenters. The number of carbonyl (C=O) groups is 1. The number of likely N-dealkylation sites (N-methyl/N-ethyl adjacent to an activating group) is 1. The second-order valence-electron chi connectivity index (χ2n) is 9.47.